The number of methoxy groups -OCH3 is 1. The molecule has 0 N–H and O–H groups in total. The minimum absolute atomic E-state index is 0.309. The minimum atomic E-state index is -0.319. The van der Waals surface area contributed by atoms with Crippen LogP contribution < -0.4 is 4.74 Å². The van der Waals surface area contributed by atoms with Gasteiger partial charge in [-0.15, -0.1) is 16.8 Å². The number of halogens is 2. The Morgan fingerprint density at radius 3 is 2.54 bits per heavy atom. The second kappa shape index (κ2) is 8.14. The van der Waals surface area contributed by atoms with Gasteiger partial charge in [-0.05, 0) is 42.5 Å². The van der Waals surface area contributed by atoms with Gasteiger partial charge in [-0.25, -0.2) is 8.78 Å². The van der Waals surface area contributed by atoms with E-state index in [1.54, 1.807) is 31.4 Å². The summed E-state index contributed by atoms with van der Waals surface area (Å²) in [4.78, 5) is 0. The van der Waals surface area contributed by atoms with Crippen molar-refractivity contribution in [3.63, 3.8) is 0 Å². The lowest BCUT2D eigenvalue weighted by Crippen LogP contribution is -2.01. The highest BCUT2D eigenvalue weighted by Crippen LogP contribution is 2.30. The van der Waals surface area contributed by atoms with Crippen LogP contribution in [0.4, 0.5) is 8.78 Å². The fourth-order valence-corrected chi connectivity index (χ4v) is 3.43. The predicted molar refractivity (Wildman–Crippen MR) is 98.1 cm³/mol. The molecule has 0 atom stereocenters. The van der Waals surface area contributed by atoms with Crippen LogP contribution >= 0.6 is 11.8 Å². The molecule has 0 amide bonds. The summed E-state index contributed by atoms with van der Waals surface area (Å²) in [6.07, 6.45) is 1.74. The Bertz CT molecular complexity index is 910. The van der Waals surface area contributed by atoms with Gasteiger partial charge in [-0.3, -0.25) is 4.57 Å². The Hall–Kier alpha value is -2.67. The highest BCUT2D eigenvalue weighted by Gasteiger charge is 2.15. The molecule has 26 heavy (non-hydrogen) atoms. The molecule has 0 fully saturated rings. The van der Waals surface area contributed by atoms with E-state index >= 15 is 0 Å². The molecule has 0 saturated carbocycles. The minimum Gasteiger partial charge on any atom is -0.496 e. The van der Waals surface area contributed by atoms with Crippen molar-refractivity contribution in [2.45, 2.75) is 17.5 Å². The Morgan fingerprint density at radius 1 is 1.12 bits per heavy atom. The van der Waals surface area contributed by atoms with Crippen LogP contribution in [0.1, 0.15) is 5.56 Å². The van der Waals surface area contributed by atoms with Crippen molar-refractivity contribution >= 4 is 11.8 Å². The largest absolute Gasteiger partial charge is 0.496 e. The van der Waals surface area contributed by atoms with Gasteiger partial charge in [0.1, 0.15) is 17.4 Å². The van der Waals surface area contributed by atoms with Crippen LogP contribution in [0.3, 0.4) is 0 Å². The molecule has 0 unspecified atom stereocenters. The van der Waals surface area contributed by atoms with E-state index in [-0.39, 0.29) is 11.6 Å². The van der Waals surface area contributed by atoms with Gasteiger partial charge in [-0.1, -0.05) is 17.8 Å². The second-order valence-corrected chi connectivity index (χ2v) is 6.40. The zero-order chi connectivity index (χ0) is 18.5. The van der Waals surface area contributed by atoms with Crippen molar-refractivity contribution in [3.8, 4) is 17.1 Å². The average Bonchev–Trinajstić information content (AvgIpc) is 3.04. The van der Waals surface area contributed by atoms with Crippen LogP contribution in [0.5, 0.6) is 5.75 Å². The van der Waals surface area contributed by atoms with Crippen molar-refractivity contribution in [3.05, 3.63) is 72.3 Å². The van der Waals surface area contributed by atoms with Gasteiger partial charge < -0.3 is 4.74 Å². The smallest absolute Gasteiger partial charge is 0.192 e. The number of rotatable bonds is 7. The SMILES string of the molecule is C=CCn1c(SCc2cc(F)ccc2OC)nnc1-c1ccc(F)cc1. The molecule has 4 nitrogen and oxygen atoms in total. The lowest BCUT2D eigenvalue weighted by atomic mass is 10.2. The zero-order valence-corrected chi connectivity index (χ0v) is 15.0. The number of allylic oxidation sites excluding steroid dienone is 1. The third-order valence-corrected chi connectivity index (χ3v) is 4.75. The Morgan fingerprint density at radius 2 is 1.85 bits per heavy atom. The van der Waals surface area contributed by atoms with Gasteiger partial charge in [0.15, 0.2) is 11.0 Å². The molecule has 3 rings (SSSR count). The summed E-state index contributed by atoms with van der Waals surface area (Å²) in [5, 5.41) is 9.11. The number of hydrogen-bond acceptors (Lipinski definition) is 4. The van der Waals surface area contributed by atoms with Crippen molar-refractivity contribution in [1.29, 1.82) is 0 Å². The van der Waals surface area contributed by atoms with Crippen LogP contribution in [-0.4, -0.2) is 21.9 Å². The lowest BCUT2D eigenvalue weighted by molar-refractivity contribution is 0.410. The van der Waals surface area contributed by atoms with Crippen molar-refractivity contribution < 1.29 is 13.5 Å². The Kier molecular flexibility index (Phi) is 5.68. The van der Waals surface area contributed by atoms with E-state index in [2.05, 4.69) is 16.8 Å². The summed E-state index contributed by atoms with van der Waals surface area (Å²) < 4.78 is 33.9. The zero-order valence-electron chi connectivity index (χ0n) is 14.2. The molecule has 1 aromatic heterocycles. The highest BCUT2D eigenvalue weighted by molar-refractivity contribution is 7.98. The van der Waals surface area contributed by atoms with Gasteiger partial charge in [-0.2, -0.15) is 0 Å². The maximum Gasteiger partial charge on any atom is 0.192 e. The number of hydrogen-bond donors (Lipinski definition) is 0. The molecule has 1 heterocycles. The van der Waals surface area contributed by atoms with Gasteiger partial charge in [0.25, 0.3) is 0 Å². The molecule has 134 valence electrons. The third kappa shape index (κ3) is 3.94. The molecule has 0 bridgehead atoms. The van der Waals surface area contributed by atoms with E-state index in [0.717, 1.165) is 11.1 Å². The number of benzene rings is 2. The van der Waals surface area contributed by atoms with Gasteiger partial charge in [0.2, 0.25) is 0 Å². The summed E-state index contributed by atoms with van der Waals surface area (Å²) in [7, 11) is 1.55. The Balaban J connectivity index is 1.88. The summed E-state index contributed by atoms with van der Waals surface area (Å²) in [5.41, 5.74) is 1.49. The van der Waals surface area contributed by atoms with Crippen LogP contribution in [0.2, 0.25) is 0 Å². The van der Waals surface area contributed by atoms with Gasteiger partial charge in [0.05, 0.1) is 7.11 Å². The van der Waals surface area contributed by atoms with Crippen molar-refractivity contribution in [2.75, 3.05) is 7.11 Å². The number of thioether (sulfide) groups is 1. The first-order valence-corrected chi connectivity index (χ1v) is 8.86. The van der Waals surface area contributed by atoms with Crippen LogP contribution in [0.25, 0.3) is 11.4 Å². The van der Waals surface area contributed by atoms with E-state index in [0.29, 0.717) is 29.0 Å². The summed E-state index contributed by atoms with van der Waals surface area (Å²) >= 11 is 1.42. The maximum atomic E-state index is 13.5. The number of aromatic nitrogens is 3. The molecular formula is C19H17F2N3OS. The Labute approximate surface area is 154 Å². The fraction of sp³-hybridized carbons (Fsp3) is 0.158. The summed E-state index contributed by atoms with van der Waals surface area (Å²) in [6.45, 7) is 4.27. The highest BCUT2D eigenvalue weighted by atomic mass is 32.2. The lowest BCUT2D eigenvalue weighted by Gasteiger charge is -2.10. The van der Waals surface area contributed by atoms with E-state index in [4.69, 9.17) is 4.74 Å². The molecule has 2 aromatic carbocycles. The quantitative estimate of drug-likeness (QED) is 0.444. The first-order chi connectivity index (χ1) is 12.6. The van der Waals surface area contributed by atoms with E-state index in [9.17, 15) is 8.78 Å². The molecule has 0 saturated heterocycles. The number of ether oxygens (including phenoxy) is 1. The molecule has 0 spiro atoms. The van der Waals surface area contributed by atoms with Crippen LogP contribution in [-0.2, 0) is 12.3 Å². The first kappa shape index (κ1) is 18.1. The maximum absolute atomic E-state index is 13.5. The van der Waals surface area contributed by atoms with E-state index < -0.39 is 0 Å². The molecule has 7 heteroatoms. The standard InChI is InChI=1S/C19H17F2N3OS/c1-3-10-24-18(13-4-6-15(20)7-5-13)22-23-19(24)26-12-14-11-16(21)8-9-17(14)25-2/h3-9,11H,1,10,12H2,2H3. The predicted octanol–water partition coefficient (Wildman–Crippen LogP) is 4.71. The monoisotopic (exact) mass is 373 g/mol. The fourth-order valence-electron chi connectivity index (χ4n) is 2.50. The van der Waals surface area contributed by atoms with Crippen molar-refractivity contribution in [1.82, 2.24) is 14.8 Å². The van der Waals surface area contributed by atoms with E-state index in [1.165, 1.54) is 36.0 Å². The van der Waals surface area contributed by atoms with Crippen LogP contribution in [0, 0.1) is 11.6 Å². The van der Waals surface area contributed by atoms with Gasteiger partial charge >= 0.3 is 0 Å². The molecule has 3 aromatic rings. The number of nitrogens with zero attached hydrogens (tertiary/aromatic N) is 3. The molecule has 0 radical (unpaired) electrons. The normalized spacial score (nSPS) is 10.7. The summed E-state index contributed by atoms with van der Waals surface area (Å²) in [6, 6.07) is 10.5. The summed E-state index contributed by atoms with van der Waals surface area (Å²) in [5.74, 6) is 1.09. The van der Waals surface area contributed by atoms with Gasteiger partial charge in [0, 0.05) is 23.4 Å². The molecule has 0 aliphatic rings. The van der Waals surface area contributed by atoms with E-state index in [1.807, 2.05) is 4.57 Å². The third-order valence-electron chi connectivity index (χ3n) is 3.73. The topological polar surface area (TPSA) is 39.9 Å². The molecular weight excluding hydrogens is 356 g/mol. The first-order valence-electron chi connectivity index (χ1n) is 7.87. The second-order valence-electron chi connectivity index (χ2n) is 5.46. The van der Waals surface area contributed by atoms with Crippen molar-refractivity contribution in [2.24, 2.45) is 0 Å². The molecule has 0 aliphatic carbocycles. The van der Waals surface area contributed by atoms with Crippen LogP contribution in [0.15, 0.2) is 60.3 Å². The average molecular weight is 373 g/mol. The molecule has 0 aliphatic heterocycles.